The highest BCUT2D eigenvalue weighted by molar-refractivity contribution is 6.30. The molecule has 1 aliphatic rings. The number of halogens is 1. The number of esters is 1. The van der Waals surface area contributed by atoms with Gasteiger partial charge in [-0.05, 0) is 30.4 Å². The van der Waals surface area contributed by atoms with E-state index in [1.54, 1.807) is 6.20 Å². The van der Waals surface area contributed by atoms with Crippen LogP contribution in [0.2, 0.25) is 5.02 Å². The fraction of sp³-hybridized carbons (Fsp3) is 0.667. The number of pyridine rings is 1. The number of aromatic nitrogens is 1. The summed E-state index contributed by atoms with van der Waals surface area (Å²) in [5.41, 5.74) is 0. The SMILES string of the molecule is CC(C)CC(C)CC(=O)OC1CCN(c2ccc(Cl)cn2)CC1. The molecule has 2 heterocycles. The maximum atomic E-state index is 12.0. The highest BCUT2D eigenvalue weighted by atomic mass is 35.5. The van der Waals surface area contributed by atoms with Gasteiger partial charge in [0.2, 0.25) is 0 Å². The molecule has 0 radical (unpaired) electrons. The van der Waals surface area contributed by atoms with Gasteiger partial charge in [-0.25, -0.2) is 4.98 Å². The minimum atomic E-state index is -0.0544. The van der Waals surface area contributed by atoms with Crippen LogP contribution in [0.15, 0.2) is 18.3 Å². The second kappa shape index (κ2) is 8.53. The third kappa shape index (κ3) is 6.02. The molecule has 1 fully saturated rings. The average molecular weight is 339 g/mol. The lowest BCUT2D eigenvalue weighted by Crippen LogP contribution is -2.38. The summed E-state index contributed by atoms with van der Waals surface area (Å²) in [7, 11) is 0. The Morgan fingerprint density at radius 1 is 1.35 bits per heavy atom. The van der Waals surface area contributed by atoms with Gasteiger partial charge in [-0.3, -0.25) is 4.79 Å². The van der Waals surface area contributed by atoms with Crippen LogP contribution in [0.5, 0.6) is 0 Å². The smallest absolute Gasteiger partial charge is 0.306 e. The van der Waals surface area contributed by atoms with Crippen LogP contribution in [-0.2, 0) is 9.53 Å². The van der Waals surface area contributed by atoms with Gasteiger partial charge in [-0.1, -0.05) is 32.4 Å². The molecule has 128 valence electrons. The Morgan fingerprint density at radius 3 is 2.61 bits per heavy atom. The summed E-state index contributed by atoms with van der Waals surface area (Å²) in [6.07, 6.45) is 5.01. The molecule has 0 saturated carbocycles. The highest BCUT2D eigenvalue weighted by Crippen LogP contribution is 2.22. The largest absolute Gasteiger partial charge is 0.462 e. The number of ether oxygens (including phenoxy) is 1. The predicted octanol–water partition coefficient (Wildman–Crippen LogP) is 4.32. The Morgan fingerprint density at radius 2 is 2.04 bits per heavy atom. The average Bonchev–Trinajstić information content (AvgIpc) is 2.48. The van der Waals surface area contributed by atoms with Gasteiger partial charge in [0.1, 0.15) is 11.9 Å². The lowest BCUT2D eigenvalue weighted by Gasteiger charge is -2.32. The third-order valence-electron chi connectivity index (χ3n) is 4.16. The van der Waals surface area contributed by atoms with Crippen molar-refractivity contribution in [3.63, 3.8) is 0 Å². The van der Waals surface area contributed by atoms with Crippen molar-refractivity contribution in [1.29, 1.82) is 0 Å². The summed E-state index contributed by atoms with van der Waals surface area (Å²) >= 11 is 5.87. The van der Waals surface area contributed by atoms with Gasteiger partial charge in [0, 0.05) is 38.5 Å². The van der Waals surface area contributed by atoms with Gasteiger partial charge in [0.15, 0.2) is 0 Å². The summed E-state index contributed by atoms with van der Waals surface area (Å²) in [4.78, 5) is 18.6. The first kappa shape index (κ1) is 18.1. The van der Waals surface area contributed by atoms with Crippen LogP contribution in [0.4, 0.5) is 5.82 Å². The lowest BCUT2D eigenvalue weighted by molar-refractivity contribution is -0.151. The zero-order chi connectivity index (χ0) is 16.8. The molecule has 1 aliphatic heterocycles. The van der Waals surface area contributed by atoms with Gasteiger partial charge >= 0.3 is 5.97 Å². The van der Waals surface area contributed by atoms with Gasteiger partial charge in [0.25, 0.3) is 0 Å². The number of hydrogen-bond donors (Lipinski definition) is 0. The first-order chi connectivity index (χ1) is 10.9. The van der Waals surface area contributed by atoms with E-state index in [2.05, 4.69) is 30.7 Å². The molecule has 1 aromatic rings. The number of hydrogen-bond acceptors (Lipinski definition) is 4. The number of piperidine rings is 1. The normalized spacial score (nSPS) is 17.3. The van der Waals surface area contributed by atoms with Crippen LogP contribution < -0.4 is 4.90 Å². The monoisotopic (exact) mass is 338 g/mol. The van der Waals surface area contributed by atoms with Gasteiger partial charge in [-0.15, -0.1) is 0 Å². The summed E-state index contributed by atoms with van der Waals surface area (Å²) in [5.74, 6) is 1.89. The third-order valence-corrected chi connectivity index (χ3v) is 4.39. The molecule has 5 heteroatoms. The molecule has 0 aliphatic carbocycles. The Hall–Kier alpha value is -1.29. The van der Waals surface area contributed by atoms with Gasteiger partial charge in [-0.2, -0.15) is 0 Å². The Labute approximate surface area is 144 Å². The Balaban J connectivity index is 1.74. The molecule has 1 aromatic heterocycles. The molecule has 23 heavy (non-hydrogen) atoms. The van der Waals surface area contributed by atoms with Crippen LogP contribution in [0.3, 0.4) is 0 Å². The number of carbonyl (C=O) groups is 1. The Bertz CT molecular complexity index is 496. The van der Waals surface area contributed by atoms with Crippen molar-refractivity contribution < 1.29 is 9.53 Å². The van der Waals surface area contributed by atoms with E-state index in [0.29, 0.717) is 23.3 Å². The van der Waals surface area contributed by atoms with E-state index in [1.165, 1.54) is 0 Å². The number of rotatable bonds is 6. The van der Waals surface area contributed by atoms with Crippen LogP contribution in [0, 0.1) is 11.8 Å². The summed E-state index contributed by atoms with van der Waals surface area (Å²) in [6, 6.07) is 3.79. The van der Waals surface area contributed by atoms with Crippen molar-refractivity contribution in [2.45, 2.75) is 52.6 Å². The van der Waals surface area contributed by atoms with Crippen molar-refractivity contribution in [1.82, 2.24) is 4.98 Å². The molecule has 0 aromatic carbocycles. The van der Waals surface area contributed by atoms with Crippen LogP contribution in [0.25, 0.3) is 0 Å². The highest BCUT2D eigenvalue weighted by Gasteiger charge is 2.23. The van der Waals surface area contributed by atoms with Crippen LogP contribution in [0.1, 0.15) is 46.5 Å². The molecule has 1 atom stereocenters. The predicted molar refractivity (Wildman–Crippen MR) is 93.8 cm³/mol. The Kier molecular flexibility index (Phi) is 6.70. The van der Waals surface area contributed by atoms with E-state index in [4.69, 9.17) is 16.3 Å². The number of carbonyl (C=O) groups excluding carboxylic acids is 1. The minimum Gasteiger partial charge on any atom is -0.462 e. The zero-order valence-electron chi connectivity index (χ0n) is 14.3. The maximum absolute atomic E-state index is 12.0. The van der Waals surface area contributed by atoms with Gasteiger partial charge in [0.05, 0.1) is 5.02 Å². The molecule has 0 amide bonds. The number of anilines is 1. The minimum absolute atomic E-state index is 0.0392. The van der Waals surface area contributed by atoms with Crippen molar-refractivity contribution in [3.05, 3.63) is 23.4 Å². The fourth-order valence-electron chi connectivity index (χ4n) is 3.16. The van der Waals surface area contributed by atoms with E-state index < -0.39 is 0 Å². The molecule has 2 rings (SSSR count). The lowest BCUT2D eigenvalue weighted by atomic mass is 9.96. The van der Waals surface area contributed by atoms with Crippen LogP contribution >= 0.6 is 11.6 Å². The molecule has 0 N–H and O–H groups in total. The fourth-order valence-corrected chi connectivity index (χ4v) is 3.28. The molecular formula is C18H27ClN2O2. The quantitative estimate of drug-likeness (QED) is 0.724. The van der Waals surface area contributed by atoms with E-state index in [1.807, 2.05) is 12.1 Å². The first-order valence-electron chi connectivity index (χ1n) is 8.50. The molecular weight excluding hydrogens is 312 g/mol. The van der Waals surface area contributed by atoms with Crippen molar-refractivity contribution >= 4 is 23.4 Å². The van der Waals surface area contributed by atoms with E-state index >= 15 is 0 Å². The van der Waals surface area contributed by atoms with Crippen molar-refractivity contribution in [2.75, 3.05) is 18.0 Å². The maximum Gasteiger partial charge on any atom is 0.306 e. The molecule has 0 spiro atoms. The standard InChI is InChI=1S/C18H27ClN2O2/c1-13(2)10-14(3)11-18(22)23-16-6-8-21(9-7-16)17-5-4-15(19)12-20-17/h4-5,12-14,16H,6-11H2,1-3H3. The summed E-state index contributed by atoms with van der Waals surface area (Å²) in [6.45, 7) is 8.20. The molecule has 0 bridgehead atoms. The zero-order valence-corrected chi connectivity index (χ0v) is 15.1. The first-order valence-corrected chi connectivity index (χ1v) is 8.87. The van der Waals surface area contributed by atoms with Crippen molar-refractivity contribution in [3.8, 4) is 0 Å². The van der Waals surface area contributed by atoms with Crippen LogP contribution in [-0.4, -0.2) is 30.1 Å². The summed E-state index contributed by atoms with van der Waals surface area (Å²) in [5, 5.41) is 0.646. The molecule has 1 saturated heterocycles. The topological polar surface area (TPSA) is 42.4 Å². The molecule has 4 nitrogen and oxygen atoms in total. The second-order valence-corrected chi connectivity index (χ2v) is 7.39. The van der Waals surface area contributed by atoms with E-state index in [9.17, 15) is 4.79 Å². The molecule has 1 unspecified atom stereocenters. The second-order valence-electron chi connectivity index (χ2n) is 6.95. The summed E-state index contributed by atoms with van der Waals surface area (Å²) < 4.78 is 5.64. The van der Waals surface area contributed by atoms with Gasteiger partial charge < -0.3 is 9.64 Å². The van der Waals surface area contributed by atoms with Crippen molar-refractivity contribution in [2.24, 2.45) is 11.8 Å². The van der Waals surface area contributed by atoms with E-state index in [-0.39, 0.29) is 12.1 Å². The number of nitrogens with zero attached hydrogens (tertiary/aromatic N) is 2. The van der Waals surface area contributed by atoms with E-state index in [0.717, 1.165) is 38.2 Å².